The monoisotopic (exact) mass is 948 g/mol. The number of anilines is 2. The maximum absolute atomic E-state index is 14.3. The number of aromatic nitrogens is 12. The summed E-state index contributed by atoms with van der Waals surface area (Å²) >= 11 is 0. The summed E-state index contributed by atoms with van der Waals surface area (Å²) in [5.74, 6) is 2.88. The SMILES string of the molecule is COc1ccccc1[C@@H](NC(=O)c1cccc(NCc2nnc(-c3ccncn3)n2C)c1)c1nc(C)o[n+]1-c1ccc([C@H](C#N)NC(=O)c2cccc(NCc3nnc(-c4ccncn4)n3C)c2)c(C)c1. The maximum Gasteiger partial charge on any atom is 0.369 e. The summed E-state index contributed by atoms with van der Waals surface area (Å²) in [7, 11) is 5.26. The highest BCUT2D eigenvalue weighted by molar-refractivity contribution is 5.96. The molecule has 2 atom stereocenters. The number of nitriles is 1. The van der Waals surface area contributed by atoms with E-state index in [1.54, 1.807) is 93.2 Å². The number of carbonyl (C=O) groups excluding carboxylic acids is 2. The van der Waals surface area contributed by atoms with Crippen molar-refractivity contribution in [2.45, 2.75) is 39.0 Å². The topological polar surface area (TPSA) is 258 Å². The molecule has 0 saturated heterocycles. The number of rotatable bonds is 17. The Kier molecular flexibility index (Phi) is 13.5. The van der Waals surface area contributed by atoms with Crippen molar-refractivity contribution in [1.82, 2.24) is 65.1 Å². The van der Waals surface area contributed by atoms with E-state index in [1.165, 1.54) is 17.4 Å². The first-order valence-electron chi connectivity index (χ1n) is 22.2. The number of hydrogen-bond donors (Lipinski definition) is 4. The number of benzene rings is 4. The van der Waals surface area contributed by atoms with Gasteiger partial charge in [-0.1, -0.05) is 36.4 Å². The van der Waals surface area contributed by atoms with E-state index in [2.05, 4.69) is 67.7 Å². The minimum Gasteiger partial charge on any atom is -0.496 e. The van der Waals surface area contributed by atoms with Crippen molar-refractivity contribution < 1.29 is 23.6 Å². The number of aryl methyl sites for hydroxylation is 2. The molecular weight excluding hydrogens is 903 g/mol. The molecule has 5 heterocycles. The van der Waals surface area contributed by atoms with Crippen molar-refractivity contribution in [3.8, 4) is 40.5 Å². The van der Waals surface area contributed by atoms with Crippen molar-refractivity contribution in [3.05, 3.63) is 179 Å². The van der Waals surface area contributed by atoms with E-state index < -0.39 is 18.0 Å². The van der Waals surface area contributed by atoms with Crippen LogP contribution in [0.5, 0.6) is 5.75 Å². The van der Waals surface area contributed by atoms with Crippen LogP contribution in [-0.4, -0.2) is 73.4 Å². The molecule has 2 amide bonds. The van der Waals surface area contributed by atoms with Gasteiger partial charge < -0.3 is 35.1 Å². The van der Waals surface area contributed by atoms with E-state index in [0.717, 1.165) is 0 Å². The van der Waals surface area contributed by atoms with Crippen molar-refractivity contribution in [2.24, 2.45) is 14.1 Å². The Hall–Kier alpha value is -9.71. The smallest absolute Gasteiger partial charge is 0.369 e. The van der Waals surface area contributed by atoms with Gasteiger partial charge in [0.25, 0.3) is 11.8 Å². The number of nitrogens with one attached hydrogen (secondary N) is 4. The van der Waals surface area contributed by atoms with E-state index in [9.17, 15) is 14.9 Å². The van der Waals surface area contributed by atoms with Crippen molar-refractivity contribution in [1.29, 1.82) is 5.26 Å². The highest BCUT2D eigenvalue weighted by Crippen LogP contribution is 2.30. The van der Waals surface area contributed by atoms with Crippen LogP contribution in [0.3, 0.4) is 0 Å². The lowest BCUT2D eigenvalue weighted by atomic mass is 10.0. The molecule has 0 aliphatic rings. The molecule has 9 aromatic rings. The average Bonchev–Trinajstić information content (AvgIpc) is 4.11. The molecule has 0 aliphatic carbocycles. The number of ether oxygens (including phenoxy) is 1. The molecular formula is C50H46N17O4+. The molecule has 0 aliphatic heterocycles. The molecule has 21 nitrogen and oxygen atoms in total. The summed E-state index contributed by atoms with van der Waals surface area (Å²) in [6.07, 6.45) is 6.20. The van der Waals surface area contributed by atoms with Crippen LogP contribution in [0.15, 0.2) is 133 Å². The Morgan fingerprint density at radius 1 is 0.718 bits per heavy atom. The molecule has 0 unspecified atom stereocenters. The number of methoxy groups -OCH3 is 1. The van der Waals surface area contributed by atoms with Crippen LogP contribution in [0, 0.1) is 25.2 Å². The summed E-state index contributed by atoms with van der Waals surface area (Å²) in [4.78, 5) is 49.3. The van der Waals surface area contributed by atoms with E-state index in [-0.39, 0.29) is 5.91 Å². The van der Waals surface area contributed by atoms with Gasteiger partial charge in [0, 0.05) is 61.5 Å². The zero-order valence-corrected chi connectivity index (χ0v) is 39.1. The maximum atomic E-state index is 14.3. The Labute approximate surface area is 406 Å². The minimum atomic E-state index is -0.999. The molecule has 0 saturated carbocycles. The second-order valence-electron chi connectivity index (χ2n) is 16.2. The van der Waals surface area contributed by atoms with E-state index in [1.807, 2.05) is 66.6 Å². The van der Waals surface area contributed by atoms with Gasteiger partial charge in [-0.05, 0) is 94.5 Å². The van der Waals surface area contributed by atoms with Gasteiger partial charge in [0.15, 0.2) is 35.0 Å². The van der Waals surface area contributed by atoms with Crippen LogP contribution in [0.4, 0.5) is 11.4 Å². The zero-order chi connectivity index (χ0) is 49.4. The first kappa shape index (κ1) is 46.4. The lowest BCUT2D eigenvalue weighted by Gasteiger charge is -2.18. The number of carbonyl (C=O) groups is 2. The Morgan fingerprint density at radius 2 is 1.31 bits per heavy atom. The van der Waals surface area contributed by atoms with Crippen molar-refractivity contribution in [2.75, 3.05) is 17.7 Å². The summed E-state index contributed by atoms with van der Waals surface area (Å²) in [5.41, 5.74) is 5.83. The van der Waals surface area contributed by atoms with E-state index >= 15 is 0 Å². The van der Waals surface area contributed by atoms with Gasteiger partial charge in [-0.15, -0.1) is 20.4 Å². The molecule has 5 aromatic heterocycles. The Bertz CT molecular complexity index is 3400. The van der Waals surface area contributed by atoms with E-state index in [0.29, 0.717) is 110 Å². The summed E-state index contributed by atoms with van der Waals surface area (Å²) < 4.78 is 17.2. The number of amides is 2. The number of nitrogens with zero attached hydrogens (tertiary/aromatic N) is 13. The first-order valence-corrected chi connectivity index (χ1v) is 22.2. The largest absolute Gasteiger partial charge is 0.496 e. The molecule has 21 heteroatoms. The molecule has 9 rings (SSSR count). The molecule has 0 spiro atoms. The van der Waals surface area contributed by atoms with Gasteiger partial charge in [-0.2, -0.15) is 5.26 Å². The third kappa shape index (κ3) is 10.1. The van der Waals surface area contributed by atoms with Crippen LogP contribution in [0.2, 0.25) is 0 Å². The minimum absolute atomic E-state index is 0.327. The van der Waals surface area contributed by atoms with Gasteiger partial charge in [0.1, 0.15) is 35.8 Å². The van der Waals surface area contributed by atoms with Gasteiger partial charge in [0.05, 0.1) is 26.3 Å². The highest BCUT2D eigenvalue weighted by Gasteiger charge is 2.36. The highest BCUT2D eigenvalue weighted by atomic mass is 16.5. The first-order chi connectivity index (χ1) is 34.6. The Morgan fingerprint density at radius 3 is 1.86 bits per heavy atom. The second kappa shape index (κ2) is 20.7. The van der Waals surface area contributed by atoms with Crippen molar-refractivity contribution in [3.63, 3.8) is 0 Å². The quantitative estimate of drug-likeness (QED) is 0.0824. The van der Waals surface area contributed by atoms with Crippen LogP contribution >= 0.6 is 0 Å². The van der Waals surface area contributed by atoms with Gasteiger partial charge in [0.2, 0.25) is 0 Å². The second-order valence-corrected chi connectivity index (χ2v) is 16.2. The predicted octanol–water partition coefficient (Wildman–Crippen LogP) is 5.49. The van der Waals surface area contributed by atoms with E-state index in [4.69, 9.17) is 14.2 Å². The predicted molar refractivity (Wildman–Crippen MR) is 257 cm³/mol. The molecule has 4 N–H and O–H groups in total. The zero-order valence-electron chi connectivity index (χ0n) is 39.1. The standard InChI is InChI=1S/C50H45N17O4/c1-30-22-36(16-17-37(30)41(25-51)59-49(68)32-10-8-12-34(23-32)54-26-43-61-63-46(65(43)3)39-18-20-52-28-56-39)67-48(58-31(2)71-67)45(38-14-6-7-15-42(38)70-5)60-50(69)33-11-9-13-35(24-33)55-27-44-62-64-47(66(44)4)40-19-21-53-29-57-40/h6-24,28-29,41,45,54-55H,26-27H2,1-5H3,(H-,59,60,68,69)/p+1/t41-,45+/m0/s1. The molecule has 0 fully saturated rings. The Balaban J connectivity index is 0.914. The van der Waals surface area contributed by atoms with Crippen LogP contribution in [0.25, 0.3) is 28.7 Å². The third-order valence-electron chi connectivity index (χ3n) is 11.6. The molecule has 4 aromatic carbocycles. The fourth-order valence-electron chi connectivity index (χ4n) is 7.90. The number of para-hydroxylation sites is 1. The van der Waals surface area contributed by atoms with Gasteiger partial charge in [-0.3, -0.25) is 14.1 Å². The molecule has 0 radical (unpaired) electrons. The summed E-state index contributed by atoms with van der Waals surface area (Å²) in [6.45, 7) is 4.21. The lowest BCUT2D eigenvalue weighted by molar-refractivity contribution is -0.792. The lowest BCUT2D eigenvalue weighted by Crippen LogP contribution is -2.41. The van der Waals surface area contributed by atoms with Crippen molar-refractivity contribution >= 4 is 23.2 Å². The van der Waals surface area contributed by atoms with Crippen LogP contribution in [0.1, 0.15) is 72.9 Å². The molecule has 0 bridgehead atoms. The van der Waals surface area contributed by atoms with Gasteiger partial charge in [-0.25, -0.2) is 19.9 Å². The fourth-order valence-corrected chi connectivity index (χ4v) is 7.90. The average molecular weight is 949 g/mol. The summed E-state index contributed by atoms with van der Waals surface area (Å²) in [6, 6.07) is 30.7. The van der Waals surface area contributed by atoms with Gasteiger partial charge >= 0.3 is 11.7 Å². The molecule has 71 heavy (non-hydrogen) atoms. The van der Waals surface area contributed by atoms with Crippen LogP contribution in [-0.2, 0) is 27.2 Å². The fraction of sp³-hybridized carbons (Fsp3) is 0.180. The normalized spacial score (nSPS) is 11.8. The summed E-state index contributed by atoms with van der Waals surface area (Å²) in [5, 5.41) is 40.3. The molecule has 354 valence electrons. The van der Waals surface area contributed by atoms with Crippen LogP contribution < -0.4 is 30.7 Å². The third-order valence-corrected chi connectivity index (χ3v) is 11.6. The number of hydrogen-bond acceptors (Lipinski definition) is 16.